The van der Waals surface area contributed by atoms with Crippen LogP contribution in [-0.4, -0.2) is 32.4 Å². The number of hydrogen-bond donors (Lipinski definition) is 0. The van der Waals surface area contributed by atoms with Crippen LogP contribution < -0.4 is 4.74 Å². The number of halogens is 1. The lowest BCUT2D eigenvalue weighted by Gasteiger charge is -2.19. The topological polar surface area (TPSA) is 44.8 Å². The minimum Gasteiger partial charge on any atom is -0.496 e. The zero-order valence-corrected chi connectivity index (χ0v) is 11.0. The Balaban J connectivity index is 2.13. The van der Waals surface area contributed by atoms with Crippen LogP contribution in [0.2, 0.25) is 0 Å². The SMILES string of the molecule is COc1ccc(F)cc1C(=O)O[C@@H]1CCC[C@H]1OC. The summed E-state index contributed by atoms with van der Waals surface area (Å²) < 4.78 is 28.9. The summed E-state index contributed by atoms with van der Waals surface area (Å²) in [5.74, 6) is -0.772. The fraction of sp³-hybridized carbons (Fsp3) is 0.500. The number of esters is 1. The van der Waals surface area contributed by atoms with Crippen LogP contribution in [0.4, 0.5) is 4.39 Å². The van der Waals surface area contributed by atoms with E-state index in [2.05, 4.69) is 0 Å². The van der Waals surface area contributed by atoms with E-state index in [4.69, 9.17) is 14.2 Å². The first-order valence-corrected chi connectivity index (χ1v) is 6.23. The molecule has 0 spiro atoms. The summed E-state index contributed by atoms with van der Waals surface area (Å²) in [5, 5.41) is 0. The Bertz CT molecular complexity index is 461. The van der Waals surface area contributed by atoms with Gasteiger partial charge in [-0.1, -0.05) is 0 Å². The van der Waals surface area contributed by atoms with Gasteiger partial charge in [-0.15, -0.1) is 0 Å². The summed E-state index contributed by atoms with van der Waals surface area (Å²) in [6, 6.07) is 3.77. The fourth-order valence-corrected chi connectivity index (χ4v) is 2.34. The van der Waals surface area contributed by atoms with E-state index in [1.165, 1.54) is 19.2 Å². The molecule has 1 saturated carbocycles. The summed E-state index contributed by atoms with van der Waals surface area (Å²) in [4.78, 5) is 12.1. The first-order valence-electron chi connectivity index (χ1n) is 6.23. The second-order valence-corrected chi connectivity index (χ2v) is 4.49. The van der Waals surface area contributed by atoms with Crippen molar-refractivity contribution in [3.63, 3.8) is 0 Å². The molecule has 0 aromatic heterocycles. The van der Waals surface area contributed by atoms with Gasteiger partial charge in [0, 0.05) is 7.11 Å². The lowest BCUT2D eigenvalue weighted by molar-refractivity contribution is -0.0208. The van der Waals surface area contributed by atoms with E-state index in [9.17, 15) is 9.18 Å². The Labute approximate surface area is 111 Å². The maximum Gasteiger partial charge on any atom is 0.342 e. The molecule has 1 fully saturated rings. The summed E-state index contributed by atoms with van der Waals surface area (Å²) in [7, 11) is 3.02. The van der Waals surface area contributed by atoms with Crippen LogP contribution in [-0.2, 0) is 9.47 Å². The molecule has 1 aromatic rings. The van der Waals surface area contributed by atoms with Crippen LogP contribution in [0.15, 0.2) is 18.2 Å². The first-order chi connectivity index (χ1) is 9.15. The highest BCUT2D eigenvalue weighted by molar-refractivity contribution is 5.92. The number of carbonyl (C=O) groups excluding carboxylic acids is 1. The molecular formula is C14H17FO4. The zero-order chi connectivity index (χ0) is 13.8. The number of hydrogen-bond acceptors (Lipinski definition) is 4. The van der Waals surface area contributed by atoms with E-state index in [1.54, 1.807) is 7.11 Å². The van der Waals surface area contributed by atoms with Crippen LogP contribution in [0, 0.1) is 5.82 Å². The van der Waals surface area contributed by atoms with E-state index in [-0.39, 0.29) is 17.8 Å². The van der Waals surface area contributed by atoms with Crippen molar-refractivity contribution in [2.24, 2.45) is 0 Å². The van der Waals surface area contributed by atoms with E-state index < -0.39 is 11.8 Å². The fourth-order valence-electron chi connectivity index (χ4n) is 2.34. The van der Waals surface area contributed by atoms with Crippen molar-refractivity contribution in [1.82, 2.24) is 0 Å². The predicted molar refractivity (Wildman–Crippen MR) is 66.8 cm³/mol. The first kappa shape index (κ1) is 13.8. The molecule has 0 saturated heterocycles. The van der Waals surface area contributed by atoms with Gasteiger partial charge in [-0.25, -0.2) is 9.18 Å². The van der Waals surface area contributed by atoms with Gasteiger partial charge in [0.25, 0.3) is 0 Å². The molecule has 4 nitrogen and oxygen atoms in total. The quantitative estimate of drug-likeness (QED) is 0.787. The normalized spacial score (nSPS) is 22.3. The van der Waals surface area contributed by atoms with E-state index in [1.807, 2.05) is 0 Å². The highest BCUT2D eigenvalue weighted by Gasteiger charge is 2.31. The Hall–Kier alpha value is -1.62. The Morgan fingerprint density at radius 2 is 2.00 bits per heavy atom. The van der Waals surface area contributed by atoms with E-state index in [0.29, 0.717) is 5.75 Å². The molecule has 104 valence electrons. The third kappa shape index (κ3) is 3.04. The molecule has 0 radical (unpaired) electrons. The van der Waals surface area contributed by atoms with Crippen LogP contribution in [0.25, 0.3) is 0 Å². The van der Waals surface area contributed by atoms with Crippen molar-refractivity contribution in [2.75, 3.05) is 14.2 Å². The molecule has 0 bridgehead atoms. The molecule has 2 rings (SSSR count). The van der Waals surface area contributed by atoms with Gasteiger partial charge >= 0.3 is 5.97 Å². The lowest BCUT2D eigenvalue weighted by Crippen LogP contribution is -2.27. The second-order valence-electron chi connectivity index (χ2n) is 4.49. The van der Waals surface area contributed by atoms with Gasteiger partial charge in [0.05, 0.1) is 13.2 Å². The number of ether oxygens (including phenoxy) is 3. The van der Waals surface area contributed by atoms with Gasteiger partial charge in [0.15, 0.2) is 0 Å². The number of benzene rings is 1. The van der Waals surface area contributed by atoms with Gasteiger partial charge in [-0.3, -0.25) is 0 Å². The Kier molecular flexibility index (Phi) is 4.37. The average molecular weight is 268 g/mol. The molecule has 0 heterocycles. The Morgan fingerprint density at radius 3 is 2.68 bits per heavy atom. The highest BCUT2D eigenvalue weighted by atomic mass is 19.1. The van der Waals surface area contributed by atoms with Crippen molar-refractivity contribution in [2.45, 2.75) is 31.5 Å². The standard InChI is InChI=1S/C14H17FO4/c1-17-11-7-6-9(15)8-10(11)14(16)19-13-5-3-4-12(13)18-2/h6-8,12-13H,3-5H2,1-2H3/t12-,13-/m1/s1. The largest absolute Gasteiger partial charge is 0.496 e. The molecule has 0 amide bonds. The van der Waals surface area contributed by atoms with E-state index >= 15 is 0 Å². The minimum atomic E-state index is -0.578. The molecule has 19 heavy (non-hydrogen) atoms. The summed E-state index contributed by atoms with van der Waals surface area (Å²) in [6.07, 6.45) is 2.24. The average Bonchev–Trinajstić information content (AvgIpc) is 2.85. The van der Waals surface area contributed by atoms with Gasteiger partial charge in [0.1, 0.15) is 23.2 Å². The molecular weight excluding hydrogens is 251 g/mol. The minimum absolute atomic E-state index is 0.0801. The predicted octanol–water partition coefficient (Wildman–Crippen LogP) is 2.56. The second kappa shape index (κ2) is 6.02. The van der Waals surface area contributed by atoms with Gasteiger partial charge in [-0.05, 0) is 37.5 Å². The monoisotopic (exact) mass is 268 g/mol. The van der Waals surface area contributed by atoms with Crippen molar-refractivity contribution in [1.29, 1.82) is 0 Å². The molecule has 1 aliphatic rings. The summed E-state index contributed by atoms with van der Waals surface area (Å²) >= 11 is 0. The number of rotatable bonds is 4. The van der Waals surface area contributed by atoms with Crippen molar-refractivity contribution >= 4 is 5.97 Å². The van der Waals surface area contributed by atoms with Gasteiger partial charge in [-0.2, -0.15) is 0 Å². The Morgan fingerprint density at radius 1 is 1.26 bits per heavy atom. The van der Waals surface area contributed by atoms with Crippen LogP contribution in [0.5, 0.6) is 5.75 Å². The van der Waals surface area contributed by atoms with Gasteiger partial charge in [0.2, 0.25) is 0 Å². The molecule has 0 unspecified atom stereocenters. The number of carbonyl (C=O) groups is 1. The van der Waals surface area contributed by atoms with Gasteiger partial charge < -0.3 is 14.2 Å². The third-order valence-corrected chi connectivity index (χ3v) is 3.33. The maximum absolute atomic E-state index is 13.2. The van der Waals surface area contributed by atoms with Crippen LogP contribution in [0.1, 0.15) is 29.6 Å². The smallest absolute Gasteiger partial charge is 0.342 e. The third-order valence-electron chi connectivity index (χ3n) is 3.33. The van der Waals surface area contributed by atoms with Crippen molar-refractivity contribution in [3.8, 4) is 5.75 Å². The number of methoxy groups -OCH3 is 2. The molecule has 0 aliphatic heterocycles. The van der Waals surface area contributed by atoms with Crippen LogP contribution in [0.3, 0.4) is 0 Å². The molecule has 5 heteroatoms. The molecule has 1 aliphatic carbocycles. The molecule has 0 N–H and O–H groups in total. The highest BCUT2D eigenvalue weighted by Crippen LogP contribution is 2.27. The molecule has 1 aromatic carbocycles. The zero-order valence-electron chi connectivity index (χ0n) is 11.0. The summed E-state index contributed by atoms with van der Waals surface area (Å²) in [6.45, 7) is 0. The van der Waals surface area contributed by atoms with Crippen LogP contribution >= 0.6 is 0 Å². The van der Waals surface area contributed by atoms with Crippen molar-refractivity contribution in [3.05, 3.63) is 29.6 Å². The maximum atomic E-state index is 13.2. The lowest BCUT2D eigenvalue weighted by atomic mass is 10.2. The molecule has 2 atom stereocenters. The summed E-state index contributed by atoms with van der Waals surface area (Å²) in [5.41, 5.74) is 0.101. The van der Waals surface area contributed by atoms with Crippen molar-refractivity contribution < 1.29 is 23.4 Å². The van der Waals surface area contributed by atoms with E-state index in [0.717, 1.165) is 25.3 Å².